The minimum Gasteiger partial charge on any atom is -0.480 e. The molecule has 0 radical (unpaired) electrons. The normalized spacial score (nSPS) is 18.8. The fourth-order valence-electron chi connectivity index (χ4n) is 5.18. The van der Waals surface area contributed by atoms with Crippen LogP contribution >= 0.6 is 0 Å². The van der Waals surface area contributed by atoms with Gasteiger partial charge in [-0.25, -0.2) is 14.4 Å². The van der Waals surface area contributed by atoms with Crippen molar-refractivity contribution >= 4 is 35.1 Å². The van der Waals surface area contributed by atoms with Gasteiger partial charge in [-0.05, 0) is 43.2 Å². The SMILES string of the molecule is C=C(c1ccccc1)N(C)C(=O)N1[C@H](CC)[C@@H](C(=O)O)N(C(=O)N(c2ccccc2)c2ccccc2)C[C@@H]1C. The van der Waals surface area contributed by atoms with E-state index in [9.17, 15) is 19.5 Å². The zero-order valence-corrected chi connectivity index (χ0v) is 22.5. The Balaban J connectivity index is 1.69. The zero-order valence-electron chi connectivity index (χ0n) is 22.5. The van der Waals surface area contributed by atoms with Gasteiger partial charge >= 0.3 is 18.0 Å². The first-order valence-corrected chi connectivity index (χ1v) is 13.0. The average molecular weight is 527 g/mol. The molecule has 0 saturated carbocycles. The number of anilines is 2. The number of hydrogen-bond acceptors (Lipinski definition) is 3. The molecule has 1 aliphatic heterocycles. The summed E-state index contributed by atoms with van der Waals surface area (Å²) in [5, 5.41) is 10.4. The van der Waals surface area contributed by atoms with E-state index in [4.69, 9.17) is 0 Å². The number of carboxylic acid groups (broad SMARTS) is 1. The maximum atomic E-state index is 14.2. The molecule has 0 aromatic heterocycles. The summed E-state index contributed by atoms with van der Waals surface area (Å²) in [5.74, 6) is -1.16. The fraction of sp³-hybridized carbons (Fsp3) is 0.258. The first-order chi connectivity index (χ1) is 18.8. The van der Waals surface area contributed by atoms with Gasteiger partial charge in [-0.3, -0.25) is 9.80 Å². The molecular weight excluding hydrogens is 492 g/mol. The number of piperazine rings is 1. The molecule has 8 nitrogen and oxygen atoms in total. The van der Waals surface area contributed by atoms with Crippen LogP contribution in [0.15, 0.2) is 97.6 Å². The fourth-order valence-corrected chi connectivity index (χ4v) is 5.18. The number of carbonyl (C=O) groups excluding carboxylic acids is 2. The lowest BCUT2D eigenvalue weighted by atomic mass is 9.95. The van der Waals surface area contributed by atoms with Crippen LogP contribution in [0.5, 0.6) is 0 Å². The Morgan fingerprint density at radius 2 is 1.36 bits per heavy atom. The number of hydrogen-bond donors (Lipinski definition) is 1. The Labute approximate surface area is 229 Å². The molecule has 0 unspecified atom stereocenters. The summed E-state index contributed by atoms with van der Waals surface area (Å²) in [5.41, 5.74) is 2.54. The second kappa shape index (κ2) is 11.9. The number of para-hydroxylation sites is 2. The predicted octanol–water partition coefficient (Wildman–Crippen LogP) is 5.91. The maximum Gasteiger partial charge on any atom is 0.329 e. The van der Waals surface area contributed by atoms with Crippen LogP contribution in [0, 0.1) is 0 Å². The highest BCUT2D eigenvalue weighted by Gasteiger charge is 2.49. The van der Waals surface area contributed by atoms with Crippen LogP contribution in [-0.4, -0.2) is 69.6 Å². The van der Waals surface area contributed by atoms with Gasteiger partial charge in [0.25, 0.3) is 0 Å². The highest BCUT2D eigenvalue weighted by atomic mass is 16.4. The van der Waals surface area contributed by atoms with Gasteiger partial charge in [0.05, 0.1) is 17.4 Å². The average Bonchev–Trinajstić information content (AvgIpc) is 2.96. The molecule has 39 heavy (non-hydrogen) atoms. The smallest absolute Gasteiger partial charge is 0.329 e. The van der Waals surface area contributed by atoms with Gasteiger partial charge in [-0.2, -0.15) is 0 Å². The molecule has 0 aliphatic carbocycles. The first-order valence-electron chi connectivity index (χ1n) is 13.0. The molecule has 4 rings (SSSR count). The standard InChI is InChI=1S/C31H34N4O4/c1-5-27-28(29(36)37)33(31(39)35(25-17-11-7-12-18-25)26-19-13-8-14-20-26)21-22(2)34(27)30(38)32(4)23(3)24-15-9-6-10-16-24/h6-20,22,27-28H,3,5,21H2,1-2,4H3,(H,36,37)/t22-,27+,28-/m0/s1. The Bertz CT molecular complexity index is 1280. The lowest BCUT2D eigenvalue weighted by Gasteiger charge is -2.50. The second-order valence-corrected chi connectivity index (χ2v) is 9.61. The molecular formula is C31H34N4O4. The van der Waals surface area contributed by atoms with Crippen molar-refractivity contribution in [2.24, 2.45) is 0 Å². The molecule has 0 bridgehead atoms. The number of amides is 4. The van der Waals surface area contributed by atoms with Gasteiger partial charge in [0.1, 0.15) is 0 Å². The van der Waals surface area contributed by atoms with E-state index in [-0.39, 0.29) is 12.6 Å². The molecule has 8 heteroatoms. The monoisotopic (exact) mass is 526 g/mol. The van der Waals surface area contributed by atoms with Crippen LogP contribution in [0.25, 0.3) is 5.70 Å². The van der Waals surface area contributed by atoms with E-state index in [0.29, 0.717) is 23.5 Å². The largest absolute Gasteiger partial charge is 0.480 e. The molecule has 4 amide bonds. The van der Waals surface area contributed by atoms with Crippen LogP contribution in [0.3, 0.4) is 0 Å². The van der Waals surface area contributed by atoms with Gasteiger partial charge in [0.2, 0.25) is 0 Å². The van der Waals surface area contributed by atoms with Crippen molar-refractivity contribution in [2.45, 2.75) is 38.4 Å². The van der Waals surface area contributed by atoms with Crippen molar-refractivity contribution < 1.29 is 19.5 Å². The van der Waals surface area contributed by atoms with Crippen molar-refractivity contribution in [3.63, 3.8) is 0 Å². The summed E-state index contributed by atoms with van der Waals surface area (Å²) in [4.78, 5) is 46.7. The van der Waals surface area contributed by atoms with Crippen LogP contribution in [0.1, 0.15) is 25.8 Å². The Morgan fingerprint density at radius 1 is 0.872 bits per heavy atom. The van der Waals surface area contributed by atoms with Crippen LogP contribution < -0.4 is 4.90 Å². The van der Waals surface area contributed by atoms with Crippen molar-refractivity contribution in [3.05, 3.63) is 103 Å². The lowest BCUT2D eigenvalue weighted by molar-refractivity contribution is -0.147. The molecule has 3 aromatic rings. The Morgan fingerprint density at radius 3 is 1.82 bits per heavy atom. The number of carboxylic acids is 1. The molecule has 1 aliphatic rings. The summed E-state index contributed by atoms with van der Waals surface area (Å²) in [6, 6.07) is 24.4. The van der Waals surface area contributed by atoms with Gasteiger partial charge in [-0.15, -0.1) is 0 Å². The lowest BCUT2D eigenvalue weighted by Crippen LogP contribution is -2.69. The van der Waals surface area contributed by atoms with Gasteiger partial charge in [-0.1, -0.05) is 80.2 Å². The third-order valence-corrected chi connectivity index (χ3v) is 7.15. The number of carbonyl (C=O) groups is 3. The summed E-state index contributed by atoms with van der Waals surface area (Å²) in [6.45, 7) is 7.82. The summed E-state index contributed by atoms with van der Waals surface area (Å²) >= 11 is 0. The Hall–Kier alpha value is -4.59. The molecule has 3 atom stereocenters. The molecule has 202 valence electrons. The third-order valence-electron chi connectivity index (χ3n) is 7.15. The number of rotatable bonds is 6. The second-order valence-electron chi connectivity index (χ2n) is 9.61. The highest BCUT2D eigenvalue weighted by Crippen LogP contribution is 2.32. The van der Waals surface area contributed by atoms with Crippen molar-refractivity contribution in [1.29, 1.82) is 0 Å². The molecule has 1 N–H and O–H groups in total. The molecule has 1 fully saturated rings. The first kappa shape index (κ1) is 27.4. The van der Waals surface area contributed by atoms with Gasteiger partial charge in [0, 0.05) is 25.3 Å². The van der Waals surface area contributed by atoms with Crippen LogP contribution in [0.4, 0.5) is 21.0 Å². The topological polar surface area (TPSA) is 84.4 Å². The number of nitrogens with zero attached hydrogens (tertiary/aromatic N) is 4. The quantitative estimate of drug-likeness (QED) is 0.433. The predicted molar refractivity (Wildman–Crippen MR) is 153 cm³/mol. The van der Waals surface area contributed by atoms with E-state index in [2.05, 4.69) is 6.58 Å². The Kier molecular flexibility index (Phi) is 8.34. The van der Waals surface area contributed by atoms with E-state index in [1.54, 1.807) is 11.9 Å². The van der Waals surface area contributed by atoms with Crippen molar-refractivity contribution in [1.82, 2.24) is 14.7 Å². The van der Waals surface area contributed by atoms with Crippen LogP contribution in [0.2, 0.25) is 0 Å². The summed E-state index contributed by atoms with van der Waals surface area (Å²) in [6.07, 6.45) is 0.346. The highest BCUT2D eigenvalue weighted by molar-refractivity contribution is 6.01. The summed E-state index contributed by atoms with van der Waals surface area (Å²) in [7, 11) is 1.64. The number of urea groups is 2. The van der Waals surface area contributed by atoms with Gasteiger partial charge < -0.3 is 14.9 Å². The van der Waals surface area contributed by atoms with E-state index < -0.39 is 30.1 Å². The zero-order chi connectivity index (χ0) is 28.1. The summed E-state index contributed by atoms with van der Waals surface area (Å²) < 4.78 is 0. The van der Waals surface area contributed by atoms with E-state index in [1.165, 1.54) is 14.7 Å². The van der Waals surface area contributed by atoms with E-state index in [0.717, 1.165) is 5.56 Å². The minimum absolute atomic E-state index is 0.0554. The van der Waals surface area contributed by atoms with E-state index in [1.807, 2.05) is 105 Å². The van der Waals surface area contributed by atoms with Crippen molar-refractivity contribution in [2.75, 3.05) is 18.5 Å². The number of aliphatic carboxylic acids is 1. The molecule has 1 saturated heterocycles. The van der Waals surface area contributed by atoms with Crippen molar-refractivity contribution in [3.8, 4) is 0 Å². The molecule has 0 spiro atoms. The molecule has 1 heterocycles. The van der Waals surface area contributed by atoms with E-state index >= 15 is 0 Å². The minimum atomic E-state index is -1.24. The maximum absolute atomic E-state index is 14.2. The van der Waals surface area contributed by atoms with Crippen LogP contribution in [-0.2, 0) is 4.79 Å². The number of benzene rings is 3. The van der Waals surface area contributed by atoms with Gasteiger partial charge in [0.15, 0.2) is 6.04 Å². The third kappa shape index (κ3) is 5.50. The molecule has 3 aromatic carbocycles.